The lowest BCUT2D eigenvalue weighted by atomic mass is 9.94. The molecule has 2 aromatic carbocycles. The fraction of sp³-hybridized carbons (Fsp3) is 0.417. The summed E-state index contributed by atoms with van der Waals surface area (Å²) in [7, 11) is 2.10. The SMILES string of the molecule is CN1CCN(C(=O)C2CCN(C(=O)c3ccc(-c4ccccc4)cc3)CC2)CC1. The first-order chi connectivity index (χ1) is 14.1. The molecule has 2 heterocycles. The molecule has 5 heteroatoms. The molecular formula is C24H29N3O2. The van der Waals surface area contributed by atoms with Gasteiger partial charge in [0.15, 0.2) is 0 Å². The summed E-state index contributed by atoms with van der Waals surface area (Å²) in [5, 5.41) is 0. The standard InChI is InChI=1S/C24H29N3O2/c1-25-15-17-27(18-16-25)24(29)22-11-13-26(14-12-22)23(28)21-9-7-20(8-10-21)19-5-3-2-4-6-19/h2-10,22H,11-18H2,1H3. The number of hydrogen-bond acceptors (Lipinski definition) is 3. The van der Waals surface area contributed by atoms with Crippen LogP contribution in [0.3, 0.4) is 0 Å². The Morgan fingerprint density at radius 1 is 0.724 bits per heavy atom. The largest absolute Gasteiger partial charge is 0.340 e. The van der Waals surface area contributed by atoms with E-state index in [4.69, 9.17) is 0 Å². The van der Waals surface area contributed by atoms with Gasteiger partial charge in [-0.15, -0.1) is 0 Å². The molecule has 152 valence electrons. The van der Waals surface area contributed by atoms with Crippen LogP contribution >= 0.6 is 0 Å². The first-order valence-electron chi connectivity index (χ1n) is 10.5. The predicted molar refractivity (Wildman–Crippen MR) is 115 cm³/mol. The van der Waals surface area contributed by atoms with Crippen molar-refractivity contribution < 1.29 is 9.59 Å². The van der Waals surface area contributed by atoms with Crippen molar-refractivity contribution >= 4 is 11.8 Å². The zero-order valence-electron chi connectivity index (χ0n) is 17.1. The molecule has 0 radical (unpaired) electrons. The van der Waals surface area contributed by atoms with Gasteiger partial charge in [0.05, 0.1) is 0 Å². The van der Waals surface area contributed by atoms with Gasteiger partial charge in [-0.05, 0) is 43.1 Å². The molecule has 0 bridgehead atoms. The Morgan fingerprint density at radius 3 is 1.93 bits per heavy atom. The summed E-state index contributed by atoms with van der Waals surface area (Å²) >= 11 is 0. The number of benzene rings is 2. The number of amides is 2. The molecule has 2 aliphatic heterocycles. The molecule has 0 atom stereocenters. The minimum atomic E-state index is 0.0583. The molecule has 0 spiro atoms. The number of rotatable bonds is 3. The average molecular weight is 392 g/mol. The molecule has 0 N–H and O–H groups in total. The molecule has 2 amide bonds. The van der Waals surface area contributed by atoms with E-state index in [0.717, 1.165) is 50.1 Å². The normalized spacial score (nSPS) is 18.7. The van der Waals surface area contributed by atoms with Gasteiger partial charge in [-0.3, -0.25) is 9.59 Å². The maximum atomic E-state index is 12.9. The molecule has 0 aromatic heterocycles. The van der Waals surface area contributed by atoms with Crippen LogP contribution < -0.4 is 0 Å². The van der Waals surface area contributed by atoms with E-state index < -0.39 is 0 Å². The molecule has 2 saturated heterocycles. The van der Waals surface area contributed by atoms with Crippen LogP contribution in [0.5, 0.6) is 0 Å². The second kappa shape index (κ2) is 8.78. The lowest BCUT2D eigenvalue weighted by Gasteiger charge is -2.37. The number of likely N-dealkylation sites (N-methyl/N-ethyl adjacent to an activating group) is 1. The Morgan fingerprint density at radius 2 is 1.31 bits per heavy atom. The Balaban J connectivity index is 1.32. The second-order valence-corrected chi connectivity index (χ2v) is 8.14. The summed E-state index contributed by atoms with van der Waals surface area (Å²) < 4.78 is 0. The highest BCUT2D eigenvalue weighted by Gasteiger charge is 2.31. The molecule has 2 aromatic rings. The van der Waals surface area contributed by atoms with Crippen molar-refractivity contribution in [2.24, 2.45) is 5.92 Å². The van der Waals surface area contributed by atoms with Gasteiger partial charge in [-0.25, -0.2) is 0 Å². The number of piperidine rings is 1. The van der Waals surface area contributed by atoms with E-state index in [2.05, 4.69) is 24.1 Å². The van der Waals surface area contributed by atoms with Crippen LogP contribution in [-0.4, -0.2) is 72.8 Å². The van der Waals surface area contributed by atoms with Crippen LogP contribution in [0.15, 0.2) is 54.6 Å². The van der Waals surface area contributed by atoms with Crippen LogP contribution in [0.2, 0.25) is 0 Å². The molecule has 0 unspecified atom stereocenters. The van der Waals surface area contributed by atoms with Crippen LogP contribution in [-0.2, 0) is 4.79 Å². The Kier molecular flexibility index (Phi) is 5.95. The number of likely N-dealkylation sites (tertiary alicyclic amines) is 1. The van der Waals surface area contributed by atoms with E-state index >= 15 is 0 Å². The van der Waals surface area contributed by atoms with Crippen molar-refractivity contribution in [2.75, 3.05) is 46.3 Å². The van der Waals surface area contributed by atoms with Crippen LogP contribution in [0.4, 0.5) is 0 Å². The van der Waals surface area contributed by atoms with E-state index in [-0.39, 0.29) is 17.7 Å². The lowest BCUT2D eigenvalue weighted by Crippen LogP contribution is -2.51. The summed E-state index contributed by atoms with van der Waals surface area (Å²) in [5.74, 6) is 0.399. The third-order valence-electron chi connectivity index (χ3n) is 6.19. The van der Waals surface area contributed by atoms with Crippen molar-refractivity contribution in [1.82, 2.24) is 14.7 Å². The van der Waals surface area contributed by atoms with E-state index in [0.29, 0.717) is 18.7 Å². The molecule has 0 aliphatic carbocycles. The van der Waals surface area contributed by atoms with E-state index in [1.807, 2.05) is 52.3 Å². The molecule has 29 heavy (non-hydrogen) atoms. The number of carbonyl (C=O) groups is 2. The molecule has 0 saturated carbocycles. The summed E-state index contributed by atoms with van der Waals surface area (Å²) in [5.41, 5.74) is 2.97. The van der Waals surface area contributed by atoms with E-state index in [1.54, 1.807) is 0 Å². The van der Waals surface area contributed by atoms with Crippen molar-refractivity contribution in [2.45, 2.75) is 12.8 Å². The zero-order chi connectivity index (χ0) is 20.2. The van der Waals surface area contributed by atoms with Crippen molar-refractivity contribution in [3.05, 3.63) is 60.2 Å². The fourth-order valence-electron chi connectivity index (χ4n) is 4.23. The van der Waals surface area contributed by atoms with Gasteiger partial charge < -0.3 is 14.7 Å². The predicted octanol–water partition coefficient (Wildman–Crippen LogP) is 2.98. The van der Waals surface area contributed by atoms with Gasteiger partial charge in [-0.2, -0.15) is 0 Å². The summed E-state index contributed by atoms with van der Waals surface area (Å²) in [6.07, 6.45) is 1.53. The number of carbonyl (C=O) groups excluding carboxylic acids is 2. The quantitative estimate of drug-likeness (QED) is 0.808. The van der Waals surface area contributed by atoms with Gasteiger partial charge in [0, 0.05) is 50.7 Å². The van der Waals surface area contributed by atoms with Gasteiger partial charge in [0.25, 0.3) is 5.91 Å². The number of nitrogens with zero attached hydrogens (tertiary/aromatic N) is 3. The first kappa shape index (κ1) is 19.6. The molecule has 4 rings (SSSR count). The number of piperazine rings is 1. The monoisotopic (exact) mass is 391 g/mol. The second-order valence-electron chi connectivity index (χ2n) is 8.14. The third-order valence-corrected chi connectivity index (χ3v) is 6.19. The van der Waals surface area contributed by atoms with Crippen LogP contribution in [0, 0.1) is 5.92 Å². The van der Waals surface area contributed by atoms with Gasteiger partial charge >= 0.3 is 0 Å². The van der Waals surface area contributed by atoms with Gasteiger partial charge in [-0.1, -0.05) is 42.5 Å². The maximum Gasteiger partial charge on any atom is 0.253 e. The smallest absolute Gasteiger partial charge is 0.253 e. The highest BCUT2D eigenvalue weighted by Crippen LogP contribution is 2.23. The Labute approximate surface area is 172 Å². The van der Waals surface area contributed by atoms with E-state index in [9.17, 15) is 9.59 Å². The topological polar surface area (TPSA) is 43.9 Å². The zero-order valence-corrected chi connectivity index (χ0v) is 17.1. The van der Waals surface area contributed by atoms with Gasteiger partial charge in [0.2, 0.25) is 5.91 Å². The van der Waals surface area contributed by atoms with Crippen molar-refractivity contribution in [3.8, 4) is 11.1 Å². The first-order valence-corrected chi connectivity index (χ1v) is 10.5. The van der Waals surface area contributed by atoms with Crippen LogP contribution in [0.25, 0.3) is 11.1 Å². The minimum absolute atomic E-state index is 0.0583. The molecular weight excluding hydrogens is 362 g/mol. The maximum absolute atomic E-state index is 12.9. The minimum Gasteiger partial charge on any atom is -0.340 e. The van der Waals surface area contributed by atoms with Crippen molar-refractivity contribution in [3.63, 3.8) is 0 Å². The Bertz CT molecular complexity index is 834. The highest BCUT2D eigenvalue weighted by molar-refractivity contribution is 5.95. The lowest BCUT2D eigenvalue weighted by molar-refractivity contribution is -0.138. The average Bonchev–Trinajstić information content (AvgIpc) is 2.79. The molecule has 2 fully saturated rings. The molecule has 2 aliphatic rings. The van der Waals surface area contributed by atoms with Gasteiger partial charge in [0.1, 0.15) is 0 Å². The van der Waals surface area contributed by atoms with E-state index in [1.165, 1.54) is 0 Å². The van der Waals surface area contributed by atoms with Crippen LogP contribution in [0.1, 0.15) is 23.2 Å². The van der Waals surface area contributed by atoms with Crippen molar-refractivity contribution in [1.29, 1.82) is 0 Å². The summed E-state index contributed by atoms with van der Waals surface area (Å²) in [6.45, 7) is 4.85. The molecule has 5 nitrogen and oxygen atoms in total. The summed E-state index contributed by atoms with van der Waals surface area (Å²) in [4.78, 5) is 31.8. The Hall–Kier alpha value is -2.66. The highest BCUT2D eigenvalue weighted by atomic mass is 16.2. The summed E-state index contributed by atoms with van der Waals surface area (Å²) in [6, 6.07) is 18.0. The third kappa shape index (κ3) is 4.51. The fourth-order valence-corrected chi connectivity index (χ4v) is 4.23. The number of hydrogen-bond donors (Lipinski definition) is 0.